The van der Waals surface area contributed by atoms with Crippen molar-refractivity contribution in [2.24, 2.45) is 4.99 Å². The van der Waals surface area contributed by atoms with Crippen molar-refractivity contribution in [2.75, 3.05) is 25.0 Å². The van der Waals surface area contributed by atoms with Gasteiger partial charge in [-0.25, -0.2) is 0 Å². The third kappa shape index (κ3) is 6.94. The van der Waals surface area contributed by atoms with Crippen molar-refractivity contribution in [1.82, 2.24) is 15.8 Å². The van der Waals surface area contributed by atoms with Crippen LogP contribution >= 0.6 is 24.0 Å². The molecule has 1 aliphatic rings. The molecule has 1 fully saturated rings. The molecular weight excluding hydrogens is 531 g/mol. The zero-order valence-corrected chi connectivity index (χ0v) is 21.0. The Hall–Kier alpha value is -2.11. The van der Waals surface area contributed by atoms with Gasteiger partial charge in [0, 0.05) is 38.2 Å². The van der Waals surface area contributed by atoms with E-state index in [-0.39, 0.29) is 35.8 Å². The second kappa shape index (κ2) is 12.8. The smallest absolute Gasteiger partial charge is 0.387 e. The molecule has 32 heavy (non-hydrogen) atoms. The number of ether oxygens (including phenoxy) is 1. The number of nitrogens with one attached hydrogen (secondary N) is 2. The Balaban J connectivity index is 0.00000363. The average molecular weight is 563 g/mol. The van der Waals surface area contributed by atoms with Crippen LogP contribution in [0.3, 0.4) is 0 Å². The van der Waals surface area contributed by atoms with Crippen LogP contribution in [0.4, 0.5) is 14.5 Å². The standard InChI is InChI=1S/C22H31F2N5O2.HI/c1-4-15(5-2)18-12-17(31-28-18)13-26-22(25-3)27-16-10-11-29(14-16)19-8-6-7-9-20(19)30-21(23)24;/h6-9,12,15-16,21H,4-5,10-11,13-14H2,1-3H3,(H2,25,26,27);1H. The first-order valence-corrected chi connectivity index (χ1v) is 10.7. The number of halogens is 3. The minimum Gasteiger partial charge on any atom is -0.433 e. The van der Waals surface area contributed by atoms with E-state index in [0.717, 1.165) is 37.3 Å². The van der Waals surface area contributed by atoms with Crippen LogP contribution in [0.5, 0.6) is 5.75 Å². The number of aromatic nitrogens is 1. The molecule has 1 saturated heterocycles. The Morgan fingerprint density at radius 3 is 2.75 bits per heavy atom. The molecule has 0 aliphatic carbocycles. The van der Waals surface area contributed by atoms with E-state index in [0.29, 0.717) is 30.7 Å². The summed E-state index contributed by atoms with van der Waals surface area (Å²) in [5, 5.41) is 10.8. The molecule has 1 atom stereocenters. The van der Waals surface area contributed by atoms with E-state index in [1.165, 1.54) is 0 Å². The molecule has 1 unspecified atom stereocenters. The molecule has 0 saturated carbocycles. The van der Waals surface area contributed by atoms with Crippen molar-refractivity contribution in [3.8, 4) is 5.75 Å². The van der Waals surface area contributed by atoms with E-state index in [9.17, 15) is 8.78 Å². The van der Waals surface area contributed by atoms with Gasteiger partial charge >= 0.3 is 6.61 Å². The average Bonchev–Trinajstić information content (AvgIpc) is 3.42. The molecule has 1 aliphatic heterocycles. The van der Waals surface area contributed by atoms with Crippen LogP contribution in [0.2, 0.25) is 0 Å². The summed E-state index contributed by atoms with van der Waals surface area (Å²) in [5.74, 6) is 2.02. The van der Waals surface area contributed by atoms with Gasteiger partial charge in [0.1, 0.15) is 5.75 Å². The maximum absolute atomic E-state index is 12.7. The van der Waals surface area contributed by atoms with E-state index in [1.807, 2.05) is 17.0 Å². The summed E-state index contributed by atoms with van der Waals surface area (Å²) in [6, 6.07) is 9.00. The lowest BCUT2D eigenvalue weighted by Crippen LogP contribution is -2.44. The van der Waals surface area contributed by atoms with Crippen LogP contribution in [0.25, 0.3) is 0 Å². The first kappa shape index (κ1) is 26.1. The number of rotatable bonds is 9. The first-order valence-electron chi connectivity index (χ1n) is 10.7. The zero-order chi connectivity index (χ0) is 22.2. The lowest BCUT2D eigenvalue weighted by molar-refractivity contribution is -0.0495. The summed E-state index contributed by atoms with van der Waals surface area (Å²) in [7, 11) is 1.71. The second-order valence-corrected chi connectivity index (χ2v) is 7.58. The predicted octanol–water partition coefficient (Wildman–Crippen LogP) is 4.74. The molecule has 1 aromatic carbocycles. The largest absolute Gasteiger partial charge is 0.433 e. The van der Waals surface area contributed by atoms with Gasteiger partial charge in [0.25, 0.3) is 0 Å². The summed E-state index contributed by atoms with van der Waals surface area (Å²) in [6.45, 7) is 3.33. The Labute approximate surface area is 205 Å². The van der Waals surface area contributed by atoms with Gasteiger partial charge in [0.05, 0.1) is 17.9 Å². The maximum Gasteiger partial charge on any atom is 0.387 e. The highest BCUT2D eigenvalue weighted by atomic mass is 127. The van der Waals surface area contributed by atoms with E-state index >= 15 is 0 Å². The van der Waals surface area contributed by atoms with Gasteiger partial charge in [-0.1, -0.05) is 31.1 Å². The summed E-state index contributed by atoms with van der Waals surface area (Å²) < 4.78 is 35.5. The van der Waals surface area contributed by atoms with Crippen molar-refractivity contribution in [3.63, 3.8) is 0 Å². The monoisotopic (exact) mass is 563 g/mol. The minimum absolute atomic E-state index is 0. The molecule has 0 radical (unpaired) electrons. The number of anilines is 1. The Bertz CT molecular complexity index is 860. The number of hydrogen-bond acceptors (Lipinski definition) is 5. The number of aliphatic imine (C=N–C) groups is 1. The number of benzene rings is 1. The summed E-state index contributed by atoms with van der Waals surface area (Å²) in [5.41, 5.74) is 1.66. The fourth-order valence-corrected chi connectivity index (χ4v) is 3.88. The lowest BCUT2D eigenvalue weighted by atomic mass is 9.99. The number of guanidine groups is 1. The Morgan fingerprint density at radius 2 is 2.06 bits per heavy atom. The molecule has 7 nitrogen and oxygen atoms in total. The molecule has 0 bridgehead atoms. The van der Waals surface area contributed by atoms with Crippen LogP contribution in [-0.2, 0) is 6.54 Å². The predicted molar refractivity (Wildman–Crippen MR) is 132 cm³/mol. The number of hydrogen-bond donors (Lipinski definition) is 2. The van der Waals surface area contributed by atoms with Crippen molar-refractivity contribution >= 4 is 35.6 Å². The lowest BCUT2D eigenvalue weighted by Gasteiger charge is -2.22. The molecule has 0 amide bonds. The SMILES string of the molecule is CCC(CC)c1cc(CNC(=NC)NC2CCN(c3ccccc3OC(F)F)C2)on1.I. The van der Waals surface area contributed by atoms with Gasteiger partial charge in [-0.05, 0) is 31.4 Å². The van der Waals surface area contributed by atoms with Gasteiger partial charge in [-0.2, -0.15) is 8.78 Å². The maximum atomic E-state index is 12.7. The van der Waals surface area contributed by atoms with Crippen molar-refractivity contribution < 1.29 is 18.0 Å². The van der Waals surface area contributed by atoms with E-state index in [1.54, 1.807) is 25.2 Å². The van der Waals surface area contributed by atoms with Gasteiger partial charge in [0.15, 0.2) is 11.7 Å². The topological polar surface area (TPSA) is 74.9 Å². The Morgan fingerprint density at radius 1 is 1.31 bits per heavy atom. The third-order valence-electron chi connectivity index (χ3n) is 5.59. The molecule has 10 heteroatoms. The molecule has 3 rings (SSSR count). The molecule has 2 heterocycles. The minimum atomic E-state index is -2.85. The number of nitrogens with zero attached hydrogens (tertiary/aromatic N) is 3. The van der Waals surface area contributed by atoms with Gasteiger partial charge in [0.2, 0.25) is 0 Å². The molecule has 178 valence electrons. The third-order valence-corrected chi connectivity index (χ3v) is 5.59. The van der Waals surface area contributed by atoms with Gasteiger partial charge in [-0.15, -0.1) is 24.0 Å². The highest BCUT2D eigenvalue weighted by Gasteiger charge is 2.26. The quantitative estimate of drug-likeness (QED) is 0.261. The van der Waals surface area contributed by atoms with Gasteiger partial charge in [-0.3, -0.25) is 4.99 Å². The summed E-state index contributed by atoms with van der Waals surface area (Å²) in [4.78, 5) is 6.33. The fourth-order valence-electron chi connectivity index (χ4n) is 3.88. The molecule has 1 aromatic heterocycles. The van der Waals surface area contributed by atoms with Crippen LogP contribution in [-0.4, -0.2) is 43.9 Å². The normalized spacial score (nSPS) is 16.4. The first-order chi connectivity index (χ1) is 15.0. The number of alkyl halides is 2. The van der Waals surface area contributed by atoms with E-state index in [2.05, 4.69) is 39.4 Å². The Kier molecular flexibility index (Phi) is 10.5. The highest BCUT2D eigenvalue weighted by Crippen LogP contribution is 2.31. The van der Waals surface area contributed by atoms with Crippen LogP contribution in [0, 0.1) is 0 Å². The van der Waals surface area contributed by atoms with Crippen LogP contribution in [0.15, 0.2) is 39.8 Å². The van der Waals surface area contributed by atoms with Crippen molar-refractivity contribution in [1.29, 1.82) is 0 Å². The molecule has 2 N–H and O–H groups in total. The highest BCUT2D eigenvalue weighted by molar-refractivity contribution is 14.0. The molecule has 0 spiro atoms. The zero-order valence-electron chi connectivity index (χ0n) is 18.7. The van der Waals surface area contributed by atoms with Crippen LogP contribution < -0.4 is 20.3 Å². The van der Waals surface area contributed by atoms with Crippen molar-refractivity contribution in [3.05, 3.63) is 41.8 Å². The second-order valence-electron chi connectivity index (χ2n) is 7.58. The fraction of sp³-hybridized carbons (Fsp3) is 0.545. The van der Waals surface area contributed by atoms with Gasteiger partial charge < -0.3 is 24.8 Å². The van der Waals surface area contributed by atoms with E-state index < -0.39 is 6.61 Å². The molecule has 2 aromatic rings. The number of para-hydroxylation sites is 2. The van der Waals surface area contributed by atoms with E-state index in [4.69, 9.17) is 4.52 Å². The summed E-state index contributed by atoms with van der Waals surface area (Å²) >= 11 is 0. The van der Waals surface area contributed by atoms with Crippen LogP contribution in [0.1, 0.15) is 50.5 Å². The molecular formula is C22H32F2IN5O2. The summed E-state index contributed by atoms with van der Waals surface area (Å²) in [6.07, 6.45) is 2.91. The van der Waals surface area contributed by atoms with Crippen molar-refractivity contribution in [2.45, 2.75) is 58.2 Å².